The summed E-state index contributed by atoms with van der Waals surface area (Å²) in [5, 5.41) is 0. The Morgan fingerprint density at radius 3 is 2.44 bits per heavy atom. The summed E-state index contributed by atoms with van der Waals surface area (Å²) < 4.78 is 18.9. The summed E-state index contributed by atoms with van der Waals surface area (Å²) in [5.41, 5.74) is 0. The average Bonchev–Trinajstić information content (AvgIpc) is 2.78. The van der Waals surface area contributed by atoms with Gasteiger partial charge in [-0.1, -0.05) is 70.9 Å². The van der Waals surface area contributed by atoms with E-state index in [2.05, 4.69) is 52.0 Å². The number of unbranched alkanes of at least 4 members (excludes halogenated alkanes) is 2. The molecule has 0 amide bonds. The zero-order chi connectivity index (χ0) is 24.3. The van der Waals surface area contributed by atoms with E-state index in [1.165, 1.54) is 19.3 Å². The minimum absolute atomic E-state index is 0.0574. The predicted octanol–water partition coefficient (Wildman–Crippen LogP) is 7.33. The van der Waals surface area contributed by atoms with Gasteiger partial charge < -0.3 is 14.2 Å². The fourth-order valence-electron chi connectivity index (χ4n) is 5.63. The maximum Gasteiger partial charge on any atom is 0.309 e. The first-order chi connectivity index (χ1) is 16.4. The van der Waals surface area contributed by atoms with Gasteiger partial charge in [0.05, 0.1) is 30.8 Å². The number of cyclic esters (lactones) is 1. The smallest absolute Gasteiger partial charge is 0.309 e. The van der Waals surface area contributed by atoms with Crippen LogP contribution >= 0.6 is 0 Å². The Morgan fingerprint density at radius 1 is 0.912 bits per heavy atom. The van der Waals surface area contributed by atoms with Gasteiger partial charge in [-0.05, 0) is 69.3 Å². The molecule has 34 heavy (non-hydrogen) atoms. The van der Waals surface area contributed by atoms with E-state index in [0.717, 1.165) is 44.9 Å². The summed E-state index contributed by atoms with van der Waals surface area (Å²) in [5.74, 6) is 0.944. The molecule has 0 aromatic rings. The number of ether oxygens (including phenoxy) is 3. The molecular formula is C30H48O4. The lowest BCUT2D eigenvalue weighted by molar-refractivity contribution is -0.157. The molecule has 0 aromatic carbocycles. The summed E-state index contributed by atoms with van der Waals surface area (Å²) in [7, 11) is 0. The molecule has 3 heterocycles. The molecule has 4 bridgehead atoms. The van der Waals surface area contributed by atoms with E-state index in [4.69, 9.17) is 14.2 Å². The zero-order valence-electron chi connectivity index (χ0n) is 22.0. The molecule has 2 fully saturated rings. The number of rotatable bonds is 5. The van der Waals surface area contributed by atoms with Gasteiger partial charge in [0, 0.05) is 5.92 Å². The van der Waals surface area contributed by atoms with Gasteiger partial charge in [-0.2, -0.15) is 0 Å². The van der Waals surface area contributed by atoms with E-state index in [9.17, 15) is 4.79 Å². The first-order valence-electron chi connectivity index (χ1n) is 13.9. The number of allylic oxidation sites excluding steroid dienone is 4. The van der Waals surface area contributed by atoms with Gasteiger partial charge in [-0.3, -0.25) is 4.79 Å². The van der Waals surface area contributed by atoms with Crippen LogP contribution in [0, 0.1) is 17.8 Å². The molecule has 0 saturated carbocycles. The Labute approximate surface area is 208 Å². The Hall–Kier alpha value is -1.39. The zero-order valence-corrected chi connectivity index (χ0v) is 22.0. The molecule has 0 aromatic heterocycles. The van der Waals surface area contributed by atoms with Crippen molar-refractivity contribution in [1.29, 1.82) is 0 Å². The highest BCUT2D eigenvalue weighted by atomic mass is 16.5. The van der Waals surface area contributed by atoms with Crippen molar-refractivity contribution in [2.75, 3.05) is 0 Å². The van der Waals surface area contributed by atoms with Gasteiger partial charge in [0.1, 0.15) is 6.10 Å². The fraction of sp³-hybridized carbons (Fsp3) is 0.767. The molecule has 3 aliphatic rings. The number of hydrogen-bond acceptors (Lipinski definition) is 4. The van der Waals surface area contributed by atoms with Crippen LogP contribution < -0.4 is 0 Å². The predicted molar refractivity (Wildman–Crippen MR) is 139 cm³/mol. The van der Waals surface area contributed by atoms with E-state index in [0.29, 0.717) is 24.4 Å². The molecule has 0 radical (unpaired) electrons. The van der Waals surface area contributed by atoms with Crippen LogP contribution in [0.3, 0.4) is 0 Å². The molecule has 4 unspecified atom stereocenters. The first-order valence-corrected chi connectivity index (χ1v) is 13.9. The monoisotopic (exact) mass is 472 g/mol. The summed E-state index contributed by atoms with van der Waals surface area (Å²) in [6, 6.07) is 0. The molecule has 0 N–H and O–H groups in total. The van der Waals surface area contributed by atoms with Gasteiger partial charge in [0.2, 0.25) is 0 Å². The third-order valence-corrected chi connectivity index (χ3v) is 7.51. The molecule has 192 valence electrons. The van der Waals surface area contributed by atoms with E-state index in [1.54, 1.807) is 0 Å². The van der Waals surface area contributed by atoms with Gasteiger partial charge in [0.25, 0.3) is 0 Å². The van der Waals surface area contributed by atoms with E-state index >= 15 is 0 Å². The van der Waals surface area contributed by atoms with Crippen LogP contribution in [0.4, 0.5) is 0 Å². The Balaban J connectivity index is 1.74. The van der Waals surface area contributed by atoms with Crippen molar-refractivity contribution in [3.63, 3.8) is 0 Å². The Kier molecular flexibility index (Phi) is 11.4. The lowest BCUT2D eigenvalue weighted by atomic mass is 9.88. The fourth-order valence-corrected chi connectivity index (χ4v) is 5.63. The molecule has 3 aliphatic heterocycles. The normalized spacial score (nSPS) is 39.2. The second kappa shape index (κ2) is 14.2. The van der Waals surface area contributed by atoms with Crippen LogP contribution in [0.1, 0.15) is 98.3 Å². The summed E-state index contributed by atoms with van der Waals surface area (Å²) in [6.45, 7) is 8.89. The van der Waals surface area contributed by atoms with Crippen molar-refractivity contribution >= 4 is 5.97 Å². The molecule has 0 spiro atoms. The molecule has 4 heteroatoms. The van der Waals surface area contributed by atoms with Crippen molar-refractivity contribution in [3.05, 3.63) is 36.5 Å². The Bertz CT molecular complexity index is 696. The number of hydrogen-bond donors (Lipinski definition) is 0. The number of carbonyl (C=O) groups excluding carboxylic acids is 1. The minimum atomic E-state index is -0.271. The third kappa shape index (κ3) is 9.34. The van der Waals surface area contributed by atoms with E-state index < -0.39 is 0 Å². The topological polar surface area (TPSA) is 44.8 Å². The van der Waals surface area contributed by atoms with Crippen LogP contribution in [-0.2, 0) is 19.0 Å². The summed E-state index contributed by atoms with van der Waals surface area (Å²) in [4.78, 5) is 12.9. The maximum atomic E-state index is 12.9. The molecule has 8 atom stereocenters. The number of fused-ring (bicyclic) bond motifs is 4. The highest BCUT2D eigenvalue weighted by Gasteiger charge is 2.33. The molecule has 0 aliphatic carbocycles. The SMILES string of the molecule is CCCCC=C/C=C/C1OC(=O)CC2C[C@H](C)CC(CC3CCC[C@H](C[C@@H](C)/C=C/[C@@H]1C)O3)O2. The van der Waals surface area contributed by atoms with Crippen LogP contribution in [-0.4, -0.2) is 36.5 Å². The van der Waals surface area contributed by atoms with Gasteiger partial charge >= 0.3 is 5.97 Å². The molecular weight excluding hydrogens is 424 g/mol. The van der Waals surface area contributed by atoms with Crippen LogP contribution in [0.25, 0.3) is 0 Å². The van der Waals surface area contributed by atoms with Crippen molar-refractivity contribution in [1.82, 2.24) is 0 Å². The molecule has 2 saturated heterocycles. The van der Waals surface area contributed by atoms with Crippen molar-refractivity contribution < 1.29 is 19.0 Å². The minimum Gasteiger partial charge on any atom is -0.457 e. The standard InChI is InChI=1S/C30H48O4/c1-5-6-7-8-9-10-14-29-24(4)16-15-22(2)17-25-12-11-13-26(32-25)20-27-18-23(3)19-28(33-27)21-30(31)34-29/h8-10,14-16,22-29H,5-7,11-13,17-21H2,1-4H3/b9-8?,14-10+,16-15+/t22-,23+,24-,25+,26?,27?,28?,29?/m0/s1. The highest BCUT2D eigenvalue weighted by Crippen LogP contribution is 2.33. The molecule has 4 nitrogen and oxygen atoms in total. The quantitative estimate of drug-likeness (QED) is 0.182. The van der Waals surface area contributed by atoms with Crippen molar-refractivity contribution in [3.8, 4) is 0 Å². The Morgan fingerprint density at radius 2 is 1.65 bits per heavy atom. The average molecular weight is 473 g/mol. The second-order valence-corrected chi connectivity index (χ2v) is 11.1. The second-order valence-electron chi connectivity index (χ2n) is 11.1. The molecule has 3 rings (SSSR count). The number of carbonyl (C=O) groups is 1. The lowest BCUT2D eigenvalue weighted by Gasteiger charge is -2.38. The van der Waals surface area contributed by atoms with Crippen LogP contribution in [0.15, 0.2) is 36.5 Å². The van der Waals surface area contributed by atoms with Gasteiger partial charge in [-0.15, -0.1) is 0 Å². The van der Waals surface area contributed by atoms with Gasteiger partial charge in [0.15, 0.2) is 0 Å². The van der Waals surface area contributed by atoms with E-state index in [-0.39, 0.29) is 36.3 Å². The largest absolute Gasteiger partial charge is 0.457 e. The lowest BCUT2D eigenvalue weighted by Crippen LogP contribution is -2.38. The van der Waals surface area contributed by atoms with E-state index in [1.807, 2.05) is 12.2 Å². The maximum absolute atomic E-state index is 12.9. The van der Waals surface area contributed by atoms with Crippen molar-refractivity contribution in [2.24, 2.45) is 17.8 Å². The van der Waals surface area contributed by atoms with Crippen LogP contribution in [0.5, 0.6) is 0 Å². The first kappa shape index (κ1) is 27.2. The van der Waals surface area contributed by atoms with Gasteiger partial charge in [-0.25, -0.2) is 0 Å². The number of esters is 1. The third-order valence-electron chi connectivity index (χ3n) is 7.51. The summed E-state index contributed by atoms with van der Waals surface area (Å²) in [6.07, 6.45) is 24.6. The van der Waals surface area contributed by atoms with Crippen LogP contribution in [0.2, 0.25) is 0 Å². The van der Waals surface area contributed by atoms with Crippen molar-refractivity contribution in [2.45, 2.75) is 129 Å². The highest BCUT2D eigenvalue weighted by molar-refractivity contribution is 5.70. The summed E-state index contributed by atoms with van der Waals surface area (Å²) >= 11 is 0.